The SMILES string of the molecule is Cc1coc2ccc(S(=O)(=O)NCCC3CCCCC3)cc12. The molecule has 1 aliphatic rings. The first-order valence-electron chi connectivity index (χ1n) is 8.04. The molecule has 0 saturated heterocycles. The molecule has 1 aromatic carbocycles. The molecule has 0 aliphatic heterocycles. The van der Waals surface area contributed by atoms with E-state index in [1.165, 1.54) is 32.1 Å². The fraction of sp³-hybridized carbons (Fsp3) is 0.529. The molecule has 0 unspecified atom stereocenters. The molecule has 4 nitrogen and oxygen atoms in total. The highest BCUT2D eigenvalue weighted by atomic mass is 32.2. The van der Waals surface area contributed by atoms with Crippen molar-refractivity contribution in [2.45, 2.75) is 50.3 Å². The normalized spacial score (nSPS) is 17.1. The Kier molecular flexibility index (Phi) is 4.54. The Bertz CT molecular complexity index is 742. The van der Waals surface area contributed by atoms with Gasteiger partial charge in [-0.05, 0) is 43.0 Å². The number of hydrogen-bond donors (Lipinski definition) is 1. The van der Waals surface area contributed by atoms with Crippen LogP contribution in [-0.2, 0) is 10.0 Å². The van der Waals surface area contributed by atoms with Crippen LogP contribution in [0.3, 0.4) is 0 Å². The van der Waals surface area contributed by atoms with E-state index in [1.807, 2.05) is 6.92 Å². The third-order valence-corrected chi connectivity index (χ3v) is 6.08. The third-order valence-electron chi connectivity index (χ3n) is 4.62. The molecule has 0 atom stereocenters. The number of hydrogen-bond acceptors (Lipinski definition) is 3. The van der Waals surface area contributed by atoms with Crippen molar-refractivity contribution in [2.75, 3.05) is 6.54 Å². The first kappa shape index (κ1) is 15.6. The summed E-state index contributed by atoms with van der Waals surface area (Å²) in [5, 5.41) is 0.857. The summed E-state index contributed by atoms with van der Waals surface area (Å²) in [6.07, 6.45) is 8.96. The molecule has 1 N–H and O–H groups in total. The Morgan fingerprint density at radius 1 is 1.23 bits per heavy atom. The van der Waals surface area contributed by atoms with Crippen LogP contribution in [-0.4, -0.2) is 15.0 Å². The van der Waals surface area contributed by atoms with Gasteiger partial charge >= 0.3 is 0 Å². The zero-order valence-corrected chi connectivity index (χ0v) is 13.8. The molecule has 1 saturated carbocycles. The first-order chi connectivity index (χ1) is 10.6. The molecule has 5 heteroatoms. The predicted octanol–water partition coefficient (Wildman–Crippen LogP) is 3.99. The third kappa shape index (κ3) is 3.36. The van der Waals surface area contributed by atoms with Crippen molar-refractivity contribution in [3.8, 4) is 0 Å². The van der Waals surface area contributed by atoms with Gasteiger partial charge in [-0.25, -0.2) is 13.1 Å². The predicted molar refractivity (Wildman–Crippen MR) is 87.3 cm³/mol. The summed E-state index contributed by atoms with van der Waals surface area (Å²) in [4.78, 5) is 0.313. The molecule has 1 heterocycles. The van der Waals surface area contributed by atoms with E-state index >= 15 is 0 Å². The number of nitrogens with one attached hydrogen (secondary N) is 1. The van der Waals surface area contributed by atoms with Gasteiger partial charge in [0.15, 0.2) is 0 Å². The van der Waals surface area contributed by atoms with E-state index in [9.17, 15) is 8.42 Å². The summed E-state index contributed by atoms with van der Waals surface area (Å²) in [5.41, 5.74) is 1.67. The second kappa shape index (κ2) is 6.42. The molecule has 22 heavy (non-hydrogen) atoms. The van der Waals surface area contributed by atoms with Crippen LogP contribution >= 0.6 is 0 Å². The zero-order chi connectivity index (χ0) is 15.6. The van der Waals surface area contributed by atoms with Gasteiger partial charge in [0.05, 0.1) is 11.2 Å². The average Bonchev–Trinajstić information content (AvgIpc) is 2.89. The van der Waals surface area contributed by atoms with Crippen molar-refractivity contribution in [2.24, 2.45) is 5.92 Å². The minimum Gasteiger partial charge on any atom is -0.464 e. The number of benzene rings is 1. The second-order valence-electron chi connectivity index (χ2n) is 6.27. The lowest BCUT2D eigenvalue weighted by molar-refractivity contribution is 0.339. The van der Waals surface area contributed by atoms with Gasteiger partial charge in [0.1, 0.15) is 5.58 Å². The van der Waals surface area contributed by atoms with Crippen LogP contribution in [0.4, 0.5) is 0 Å². The standard InChI is InChI=1S/C17H23NO3S/c1-13-12-21-17-8-7-15(11-16(13)17)22(19,20)18-10-9-14-5-3-2-4-6-14/h7-8,11-12,14,18H,2-6,9-10H2,1H3. The van der Waals surface area contributed by atoms with Crippen LogP contribution in [0.1, 0.15) is 44.1 Å². The van der Waals surface area contributed by atoms with Crippen molar-refractivity contribution in [3.05, 3.63) is 30.0 Å². The number of sulfonamides is 1. The van der Waals surface area contributed by atoms with Crippen molar-refractivity contribution in [3.63, 3.8) is 0 Å². The van der Waals surface area contributed by atoms with Crippen LogP contribution in [0, 0.1) is 12.8 Å². The quantitative estimate of drug-likeness (QED) is 0.906. The van der Waals surface area contributed by atoms with E-state index in [2.05, 4.69) is 4.72 Å². The van der Waals surface area contributed by atoms with Gasteiger partial charge < -0.3 is 4.42 Å². The van der Waals surface area contributed by atoms with Crippen molar-refractivity contribution in [1.82, 2.24) is 4.72 Å². The van der Waals surface area contributed by atoms with Crippen LogP contribution in [0.5, 0.6) is 0 Å². The monoisotopic (exact) mass is 321 g/mol. The lowest BCUT2D eigenvalue weighted by Gasteiger charge is -2.21. The molecular formula is C17H23NO3S. The van der Waals surface area contributed by atoms with Crippen molar-refractivity contribution in [1.29, 1.82) is 0 Å². The summed E-state index contributed by atoms with van der Waals surface area (Å²) in [6.45, 7) is 2.44. The van der Waals surface area contributed by atoms with Crippen molar-refractivity contribution >= 4 is 21.0 Å². The van der Waals surface area contributed by atoms with E-state index in [4.69, 9.17) is 4.42 Å². The minimum absolute atomic E-state index is 0.313. The van der Waals surface area contributed by atoms with Gasteiger partial charge in [-0.15, -0.1) is 0 Å². The van der Waals surface area contributed by atoms with E-state index in [1.54, 1.807) is 24.5 Å². The van der Waals surface area contributed by atoms with Crippen molar-refractivity contribution < 1.29 is 12.8 Å². The molecule has 0 spiro atoms. The highest BCUT2D eigenvalue weighted by molar-refractivity contribution is 7.89. The molecule has 1 fully saturated rings. The maximum atomic E-state index is 12.4. The number of aryl methyl sites for hydroxylation is 1. The molecule has 3 rings (SSSR count). The smallest absolute Gasteiger partial charge is 0.240 e. The summed E-state index contributed by atoms with van der Waals surface area (Å²) in [7, 11) is -3.44. The Balaban J connectivity index is 1.66. The van der Waals surface area contributed by atoms with Gasteiger partial charge in [0.25, 0.3) is 0 Å². The first-order valence-corrected chi connectivity index (χ1v) is 9.52. The average molecular weight is 321 g/mol. The molecule has 0 radical (unpaired) electrons. The molecular weight excluding hydrogens is 298 g/mol. The van der Waals surface area contributed by atoms with E-state index < -0.39 is 10.0 Å². The topological polar surface area (TPSA) is 59.3 Å². The van der Waals surface area contributed by atoms with E-state index in [0.717, 1.165) is 23.0 Å². The molecule has 2 aromatic rings. The van der Waals surface area contributed by atoms with Gasteiger partial charge in [-0.1, -0.05) is 32.1 Å². The number of rotatable bonds is 5. The highest BCUT2D eigenvalue weighted by Gasteiger charge is 2.18. The largest absolute Gasteiger partial charge is 0.464 e. The molecule has 0 amide bonds. The van der Waals surface area contributed by atoms with Crippen LogP contribution in [0.25, 0.3) is 11.0 Å². The lowest BCUT2D eigenvalue weighted by Crippen LogP contribution is -2.26. The Labute approximate surface area is 131 Å². The number of furan rings is 1. The molecule has 1 aliphatic carbocycles. The molecule has 0 bridgehead atoms. The lowest BCUT2D eigenvalue weighted by atomic mass is 9.87. The maximum Gasteiger partial charge on any atom is 0.240 e. The van der Waals surface area contributed by atoms with Gasteiger partial charge in [0, 0.05) is 11.9 Å². The van der Waals surface area contributed by atoms with Gasteiger partial charge in [-0.2, -0.15) is 0 Å². The fourth-order valence-electron chi connectivity index (χ4n) is 3.26. The molecule has 120 valence electrons. The Morgan fingerprint density at radius 3 is 2.77 bits per heavy atom. The summed E-state index contributed by atoms with van der Waals surface area (Å²) < 4.78 is 32.9. The van der Waals surface area contributed by atoms with E-state index in [0.29, 0.717) is 17.4 Å². The van der Waals surface area contributed by atoms with Crippen LogP contribution in [0.15, 0.2) is 33.8 Å². The summed E-state index contributed by atoms with van der Waals surface area (Å²) in [6, 6.07) is 5.02. The molecule has 1 aromatic heterocycles. The van der Waals surface area contributed by atoms with Gasteiger partial charge in [-0.3, -0.25) is 0 Å². The fourth-order valence-corrected chi connectivity index (χ4v) is 4.33. The van der Waals surface area contributed by atoms with Crippen LogP contribution < -0.4 is 4.72 Å². The zero-order valence-electron chi connectivity index (χ0n) is 13.0. The second-order valence-corrected chi connectivity index (χ2v) is 8.03. The van der Waals surface area contributed by atoms with Gasteiger partial charge in [0.2, 0.25) is 10.0 Å². The number of fused-ring (bicyclic) bond motifs is 1. The summed E-state index contributed by atoms with van der Waals surface area (Å²) >= 11 is 0. The van der Waals surface area contributed by atoms with Crippen LogP contribution in [0.2, 0.25) is 0 Å². The highest BCUT2D eigenvalue weighted by Crippen LogP contribution is 2.26. The summed E-state index contributed by atoms with van der Waals surface area (Å²) in [5.74, 6) is 0.676. The Hall–Kier alpha value is -1.33. The Morgan fingerprint density at radius 2 is 2.00 bits per heavy atom. The van der Waals surface area contributed by atoms with E-state index in [-0.39, 0.29) is 0 Å². The maximum absolute atomic E-state index is 12.4. The minimum atomic E-state index is -3.44.